The number of methoxy groups -OCH3 is 2. The highest BCUT2D eigenvalue weighted by atomic mass is 19.1. The molecule has 0 atom stereocenters. The Labute approximate surface area is 233 Å². The number of anilines is 1. The van der Waals surface area contributed by atoms with Gasteiger partial charge in [-0.05, 0) is 36.8 Å². The van der Waals surface area contributed by atoms with E-state index in [0.717, 1.165) is 6.07 Å². The van der Waals surface area contributed by atoms with E-state index < -0.39 is 23.0 Å². The second kappa shape index (κ2) is 11.0. The van der Waals surface area contributed by atoms with Gasteiger partial charge in [0.25, 0.3) is 11.8 Å². The molecule has 0 saturated carbocycles. The van der Waals surface area contributed by atoms with Gasteiger partial charge in [0.2, 0.25) is 5.43 Å². The van der Waals surface area contributed by atoms with Crippen molar-refractivity contribution in [1.29, 1.82) is 0 Å². The second-order valence-corrected chi connectivity index (χ2v) is 9.02. The van der Waals surface area contributed by atoms with Gasteiger partial charge in [-0.25, -0.2) is 13.8 Å². The van der Waals surface area contributed by atoms with Crippen LogP contribution in [0.25, 0.3) is 22.2 Å². The third kappa shape index (κ3) is 5.29. The number of amides is 1. The number of fused-ring (bicyclic) bond motifs is 1. The van der Waals surface area contributed by atoms with Crippen molar-refractivity contribution >= 4 is 22.6 Å². The Hall–Kier alpha value is -5.32. The van der Waals surface area contributed by atoms with Gasteiger partial charge in [0, 0.05) is 48.9 Å². The molecule has 3 heterocycles. The van der Waals surface area contributed by atoms with Gasteiger partial charge in [0.1, 0.15) is 28.5 Å². The minimum Gasteiger partial charge on any atom is -0.491 e. The molecule has 1 N–H and O–H groups in total. The van der Waals surface area contributed by atoms with E-state index in [1.807, 2.05) is 0 Å². The van der Waals surface area contributed by atoms with Crippen molar-refractivity contribution in [3.8, 4) is 34.3 Å². The molecule has 0 fully saturated rings. The lowest BCUT2D eigenvalue weighted by atomic mass is 10.0. The number of hydrogen-bond acceptors (Lipinski definition) is 7. The third-order valence-electron chi connectivity index (χ3n) is 6.50. The zero-order valence-electron chi connectivity index (χ0n) is 22.5. The number of nitrogens with one attached hydrogen (secondary N) is 1. The lowest BCUT2D eigenvalue weighted by molar-refractivity contribution is 0.102. The molecule has 0 aliphatic heterocycles. The maximum absolute atomic E-state index is 15.1. The monoisotopic (exact) mass is 558 g/mol. The highest BCUT2D eigenvalue weighted by Gasteiger charge is 2.20. The summed E-state index contributed by atoms with van der Waals surface area (Å²) < 4.78 is 46.6. The molecule has 0 aliphatic carbocycles. The van der Waals surface area contributed by atoms with E-state index in [-0.39, 0.29) is 28.4 Å². The lowest BCUT2D eigenvalue weighted by Crippen LogP contribution is -2.26. The Morgan fingerprint density at radius 3 is 2.41 bits per heavy atom. The van der Waals surface area contributed by atoms with Crippen molar-refractivity contribution < 1.29 is 27.8 Å². The molecule has 0 spiro atoms. The molecule has 0 aliphatic rings. The van der Waals surface area contributed by atoms with Crippen molar-refractivity contribution in [2.24, 2.45) is 7.05 Å². The molecule has 0 radical (unpaired) electrons. The molecule has 11 heteroatoms. The summed E-state index contributed by atoms with van der Waals surface area (Å²) in [6, 6.07) is 12.5. The molecule has 208 valence electrons. The van der Waals surface area contributed by atoms with E-state index in [0.29, 0.717) is 33.8 Å². The third-order valence-corrected chi connectivity index (χ3v) is 6.50. The summed E-state index contributed by atoms with van der Waals surface area (Å²) in [6.07, 6.45) is 2.89. The summed E-state index contributed by atoms with van der Waals surface area (Å²) in [5.74, 6) is -0.988. The molecule has 2 aromatic carbocycles. The predicted octanol–water partition coefficient (Wildman–Crippen LogP) is 5.64. The van der Waals surface area contributed by atoms with E-state index in [4.69, 9.17) is 14.2 Å². The van der Waals surface area contributed by atoms with E-state index in [1.54, 1.807) is 30.7 Å². The number of rotatable bonds is 7. The zero-order chi connectivity index (χ0) is 29.3. The molecule has 0 saturated heterocycles. The van der Waals surface area contributed by atoms with Crippen LogP contribution in [-0.4, -0.2) is 34.7 Å². The molecule has 0 unspecified atom stereocenters. The number of pyridine rings is 3. The van der Waals surface area contributed by atoms with Gasteiger partial charge in [-0.3, -0.25) is 14.6 Å². The molecule has 9 nitrogen and oxygen atoms in total. The Kier molecular flexibility index (Phi) is 7.34. The normalized spacial score (nSPS) is 10.9. The number of carbonyl (C=O) groups excluding carboxylic acids is 1. The minimum atomic E-state index is -0.799. The number of nitrogens with zero attached hydrogens (tertiary/aromatic N) is 3. The van der Waals surface area contributed by atoms with Crippen LogP contribution in [0.15, 0.2) is 71.8 Å². The number of ether oxygens (including phenoxy) is 3. The first kappa shape index (κ1) is 27.3. The van der Waals surface area contributed by atoms with Crippen LogP contribution in [-0.2, 0) is 7.05 Å². The van der Waals surface area contributed by atoms with Crippen molar-refractivity contribution in [2.45, 2.75) is 6.92 Å². The highest BCUT2D eigenvalue weighted by molar-refractivity contribution is 6.04. The van der Waals surface area contributed by atoms with Crippen molar-refractivity contribution in [1.82, 2.24) is 14.5 Å². The largest absolute Gasteiger partial charge is 0.491 e. The van der Waals surface area contributed by atoms with Gasteiger partial charge in [0.15, 0.2) is 11.5 Å². The van der Waals surface area contributed by atoms with E-state index in [2.05, 4.69) is 15.3 Å². The van der Waals surface area contributed by atoms with E-state index >= 15 is 4.39 Å². The molecule has 41 heavy (non-hydrogen) atoms. The Bertz CT molecular complexity index is 1860. The summed E-state index contributed by atoms with van der Waals surface area (Å²) >= 11 is 0. The SMILES string of the molecule is COc1cc2nccc(Oc3ccc(NC(=O)c4cn(C)c(C)c(-c5ccc(F)cc5)c4=O)c(F)c3)c2nc1OC. The Balaban J connectivity index is 1.42. The van der Waals surface area contributed by atoms with Gasteiger partial charge < -0.3 is 24.1 Å². The average Bonchev–Trinajstić information content (AvgIpc) is 2.96. The maximum Gasteiger partial charge on any atom is 0.261 e. The second-order valence-electron chi connectivity index (χ2n) is 9.02. The number of hydrogen-bond donors (Lipinski definition) is 1. The van der Waals surface area contributed by atoms with Crippen LogP contribution in [0, 0.1) is 18.6 Å². The Morgan fingerprint density at radius 1 is 0.976 bits per heavy atom. The first-order valence-electron chi connectivity index (χ1n) is 12.3. The smallest absolute Gasteiger partial charge is 0.261 e. The van der Waals surface area contributed by atoms with Crippen LogP contribution >= 0.6 is 0 Å². The number of aromatic nitrogens is 3. The standard InChI is InChI=1S/C30H24F2N4O5/c1-16-26(17-5-7-18(31)8-6-17)28(37)20(15-36(16)2)29(38)34-22-10-9-19(13-21(22)32)41-24-11-12-33-23-14-25(39-3)30(40-4)35-27(23)24/h5-15H,1-4H3,(H,34,38). The molecule has 1 amide bonds. The zero-order valence-corrected chi connectivity index (χ0v) is 22.5. The number of halogens is 2. The molecular weight excluding hydrogens is 534 g/mol. The quantitative estimate of drug-likeness (QED) is 0.276. The van der Waals surface area contributed by atoms with Crippen molar-refractivity contribution in [3.63, 3.8) is 0 Å². The summed E-state index contributed by atoms with van der Waals surface area (Å²) in [7, 11) is 4.61. The first-order valence-corrected chi connectivity index (χ1v) is 12.3. The fourth-order valence-corrected chi connectivity index (χ4v) is 4.31. The van der Waals surface area contributed by atoms with E-state index in [1.165, 1.54) is 63.0 Å². The van der Waals surface area contributed by atoms with Crippen LogP contribution in [0.5, 0.6) is 23.1 Å². The summed E-state index contributed by atoms with van der Waals surface area (Å²) in [4.78, 5) is 35.0. The number of benzene rings is 2. The van der Waals surface area contributed by atoms with Crippen LogP contribution in [0.4, 0.5) is 14.5 Å². The number of aryl methyl sites for hydroxylation is 1. The van der Waals surface area contributed by atoms with Gasteiger partial charge in [-0.1, -0.05) is 12.1 Å². The molecular formula is C30H24F2N4O5. The van der Waals surface area contributed by atoms with E-state index in [9.17, 15) is 14.0 Å². The van der Waals surface area contributed by atoms with Crippen molar-refractivity contribution in [2.75, 3.05) is 19.5 Å². The van der Waals surface area contributed by atoms with Crippen LogP contribution in [0.1, 0.15) is 16.1 Å². The molecule has 5 aromatic rings. The highest BCUT2D eigenvalue weighted by Crippen LogP contribution is 2.34. The summed E-state index contributed by atoms with van der Waals surface area (Å²) in [5.41, 5.74) is 1.22. The van der Waals surface area contributed by atoms with Crippen LogP contribution in [0.3, 0.4) is 0 Å². The first-order chi connectivity index (χ1) is 19.7. The maximum atomic E-state index is 15.1. The van der Waals surface area contributed by atoms with Gasteiger partial charge in [-0.15, -0.1) is 0 Å². The van der Waals surface area contributed by atoms with Gasteiger partial charge in [-0.2, -0.15) is 0 Å². The molecule has 0 bridgehead atoms. The average molecular weight is 559 g/mol. The topological polar surface area (TPSA) is 105 Å². The summed E-state index contributed by atoms with van der Waals surface area (Å²) in [5, 5.41) is 2.45. The van der Waals surface area contributed by atoms with Gasteiger partial charge in [0.05, 0.1) is 25.4 Å². The summed E-state index contributed by atoms with van der Waals surface area (Å²) in [6.45, 7) is 1.72. The molecule has 3 aromatic heterocycles. The van der Waals surface area contributed by atoms with Crippen LogP contribution < -0.4 is 25.0 Å². The minimum absolute atomic E-state index is 0.134. The van der Waals surface area contributed by atoms with Gasteiger partial charge >= 0.3 is 0 Å². The predicted molar refractivity (Wildman–Crippen MR) is 149 cm³/mol. The fourth-order valence-electron chi connectivity index (χ4n) is 4.31. The number of carbonyl (C=O) groups is 1. The lowest BCUT2D eigenvalue weighted by Gasteiger charge is -2.14. The molecule has 5 rings (SSSR count). The van der Waals surface area contributed by atoms with Crippen molar-refractivity contribution in [3.05, 3.63) is 100 Å². The van der Waals surface area contributed by atoms with Crippen LogP contribution in [0.2, 0.25) is 0 Å². The Morgan fingerprint density at radius 2 is 1.73 bits per heavy atom. The fraction of sp³-hybridized carbons (Fsp3) is 0.133.